The number of sulfone groups is 1. The lowest BCUT2D eigenvalue weighted by molar-refractivity contribution is 0.0758. The van der Waals surface area contributed by atoms with E-state index in [9.17, 15) is 8.42 Å². The summed E-state index contributed by atoms with van der Waals surface area (Å²) in [6, 6.07) is 1.14. The molecule has 0 amide bonds. The van der Waals surface area contributed by atoms with Crippen molar-refractivity contribution in [1.82, 2.24) is 10.2 Å². The van der Waals surface area contributed by atoms with E-state index in [-0.39, 0.29) is 0 Å². The van der Waals surface area contributed by atoms with Crippen LogP contribution in [0.3, 0.4) is 0 Å². The van der Waals surface area contributed by atoms with E-state index in [0.717, 1.165) is 19.5 Å². The summed E-state index contributed by atoms with van der Waals surface area (Å²) in [6.07, 6.45) is 2.02. The van der Waals surface area contributed by atoms with Crippen molar-refractivity contribution in [2.75, 3.05) is 31.6 Å². The van der Waals surface area contributed by atoms with Gasteiger partial charge in [-0.3, -0.25) is 4.90 Å². The Hall–Kier alpha value is -0.130. The molecule has 2 aliphatic rings. The second-order valence-corrected chi connectivity index (χ2v) is 8.28. The topological polar surface area (TPSA) is 49.4 Å². The zero-order valence-corrected chi connectivity index (χ0v) is 12.5. The van der Waals surface area contributed by atoms with E-state index >= 15 is 0 Å². The Bertz CT molecular complexity index is 382. The van der Waals surface area contributed by atoms with Gasteiger partial charge >= 0.3 is 0 Å². The molecule has 2 aliphatic heterocycles. The third-order valence-electron chi connectivity index (χ3n) is 4.89. The van der Waals surface area contributed by atoms with Gasteiger partial charge in [-0.1, -0.05) is 6.92 Å². The summed E-state index contributed by atoms with van der Waals surface area (Å²) < 4.78 is 23.0. The summed E-state index contributed by atoms with van der Waals surface area (Å²) in [5, 5.41) is 3.39. The molecule has 0 aromatic rings. The summed E-state index contributed by atoms with van der Waals surface area (Å²) in [4.78, 5) is 2.49. The minimum Gasteiger partial charge on any atom is -0.317 e. The summed E-state index contributed by atoms with van der Waals surface area (Å²) in [7, 11) is -0.697. The summed E-state index contributed by atoms with van der Waals surface area (Å²) in [6.45, 7) is 6.62. The molecular weight excluding hydrogens is 248 g/mol. The number of hydrogen-bond donors (Lipinski definition) is 1. The third kappa shape index (κ3) is 3.06. The maximum absolute atomic E-state index is 11.5. The standard InChI is InChI=1S/C13H26N2O2S/c1-10-11(2)15(6-4-13(10)14-3)8-12-5-7-18(16,17)9-12/h10-14H,4-9H2,1-3H3. The van der Waals surface area contributed by atoms with Crippen LogP contribution in [-0.2, 0) is 9.84 Å². The second kappa shape index (κ2) is 5.47. The largest absolute Gasteiger partial charge is 0.317 e. The van der Waals surface area contributed by atoms with Crippen molar-refractivity contribution in [1.29, 1.82) is 0 Å². The first kappa shape index (κ1) is 14.3. The number of hydrogen-bond acceptors (Lipinski definition) is 4. The van der Waals surface area contributed by atoms with Crippen molar-refractivity contribution in [2.45, 2.75) is 38.8 Å². The average molecular weight is 274 g/mol. The monoisotopic (exact) mass is 274 g/mol. The number of nitrogens with one attached hydrogen (secondary N) is 1. The van der Waals surface area contributed by atoms with E-state index in [0.29, 0.717) is 35.4 Å². The predicted molar refractivity (Wildman–Crippen MR) is 74.4 cm³/mol. The van der Waals surface area contributed by atoms with Crippen molar-refractivity contribution < 1.29 is 8.42 Å². The normalized spacial score (nSPS) is 41.1. The Morgan fingerprint density at radius 1 is 1.28 bits per heavy atom. The molecule has 2 fully saturated rings. The van der Waals surface area contributed by atoms with Crippen molar-refractivity contribution in [3.63, 3.8) is 0 Å². The maximum Gasteiger partial charge on any atom is 0.150 e. The van der Waals surface area contributed by atoms with Gasteiger partial charge in [0.15, 0.2) is 9.84 Å². The van der Waals surface area contributed by atoms with Gasteiger partial charge in [0, 0.05) is 18.6 Å². The molecule has 5 heteroatoms. The molecular formula is C13H26N2O2S. The molecule has 0 radical (unpaired) electrons. The fourth-order valence-corrected chi connectivity index (χ4v) is 5.30. The lowest BCUT2D eigenvalue weighted by Gasteiger charge is -2.43. The first-order valence-corrected chi connectivity index (χ1v) is 8.87. The van der Waals surface area contributed by atoms with E-state index in [4.69, 9.17) is 0 Å². The molecule has 4 unspecified atom stereocenters. The van der Waals surface area contributed by atoms with Gasteiger partial charge in [0.2, 0.25) is 0 Å². The Morgan fingerprint density at radius 3 is 2.56 bits per heavy atom. The Kier molecular flexibility index (Phi) is 4.34. The molecule has 4 nitrogen and oxygen atoms in total. The van der Waals surface area contributed by atoms with Gasteiger partial charge in [-0.25, -0.2) is 8.42 Å². The van der Waals surface area contributed by atoms with Crippen molar-refractivity contribution in [3.8, 4) is 0 Å². The lowest BCUT2D eigenvalue weighted by Crippen LogP contribution is -2.53. The second-order valence-electron chi connectivity index (χ2n) is 6.05. The van der Waals surface area contributed by atoms with Crippen LogP contribution in [0.15, 0.2) is 0 Å². The number of piperidine rings is 1. The molecule has 2 saturated heterocycles. The van der Waals surface area contributed by atoms with Crippen LogP contribution in [-0.4, -0.2) is 57.0 Å². The van der Waals surface area contributed by atoms with Crippen molar-refractivity contribution in [3.05, 3.63) is 0 Å². The number of nitrogens with zero attached hydrogens (tertiary/aromatic N) is 1. The van der Waals surface area contributed by atoms with Crippen LogP contribution in [0.25, 0.3) is 0 Å². The Balaban J connectivity index is 1.91. The SMILES string of the molecule is CNC1CCN(CC2CCS(=O)(=O)C2)C(C)C1C. The van der Waals surface area contributed by atoms with Crippen LogP contribution in [0.1, 0.15) is 26.7 Å². The van der Waals surface area contributed by atoms with E-state index in [1.165, 1.54) is 6.42 Å². The van der Waals surface area contributed by atoms with E-state index < -0.39 is 9.84 Å². The minimum atomic E-state index is -2.73. The van der Waals surface area contributed by atoms with E-state index in [1.54, 1.807) is 0 Å². The van der Waals surface area contributed by atoms with Gasteiger partial charge in [0.05, 0.1) is 11.5 Å². The highest BCUT2D eigenvalue weighted by Gasteiger charge is 2.35. The molecule has 0 bridgehead atoms. The fourth-order valence-electron chi connectivity index (χ4n) is 3.45. The van der Waals surface area contributed by atoms with Crippen LogP contribution in [0.2, 0.25) is 0 Å². The summed E-state index contributed by atoms with van der Waals surface area (Å²) in [5.74, 6) is 1.78. The van der Waals surface area contributed by atoms with E-state index in [1.807, 2.05) is 7.05 Å². The first-order chi connectivity index (χ1) is 8.43. The van der Waals surface area contributed by atoms with Gasteiger partial charge < -0.3 is 5.32 Å². The van der Waals surface area contributed by atoms with Gasteiger partial charge in [-0.15, -0.1) is 0 Å². The minimum absolute atomic E-state index is 0.357. The molecule has 2 heterocycles. The van der Waals surface area contributed by atoms with Crippen LogP contribution in [0.5, 0.6) is 0 Å². The van der Waals surface area contributed by atoms with Crippen LogP contribution < -0.4 is 5.32 Å². The molecule has 4 atom stereocenters. The number of rotatable bonds is 3. The highest BCUT2D eigenvalue weighted by molar-refractivity contribution is 7.91. The molecule has 18 heavy (non-hydrogen) atoms. The maximum atomic E-state index is 11.5. The van der Waals surface area contributed by atoms with Crippen LogP contribution in [0.4, 0.5) is 0 Å². The highest BCUT2D eigenvalue weighted by atomic mass is 32.2. The van der Waals surface area contributed by atoms with Gasteiger partial charge in [-0.2, -0.15) is 0 Å². The fraction of sp³-hybridized carbons (Fsp3) is 1.00. The van der Waals surface area contributed by atoms with Crippen molar-refractivity contribution in [2.24, 2.45) is 11.8 Å². The lowest BCUT2D eigenvalue weighted by atomic mass is 9.86. The van der Waals surface area contributed by atoms with Gasteiger partial charge in [0.25, 0.3) is 0 Å². The average Bonchev–Trinajstić information content (AvgIpc) is 2.65. The zero-order valence-electron chi connectivity index (χ0n) is 11.7. The quantitative estimate of drug-likeness (QED) is 0.825. The van der Waals surface area contributed by atoms with Gasteiger partial charge in [0.1, 0.15) is 0 Å². The molecule has 0 aromatic heterocycles. The molecule has 0 aromatic carbocycles. The predicted octanol–water partition coefficient (Wildman–Crippen LogP) is 0.739. The molecule has 0 saturated carbocycles. The molecule has 1 N–H and O–H groups in total. The summed E-state index contributed by atoms with van der Waals surface area (Å²) in [5.41, 5.74) is 0. The highest BCUT2D eigenvalue weighted by Crippen LogP contribution is 2.27. The zero-order chi connectivity index (χ0) is 13.3. The Morgan fingerprint density at radius 2 is 2.00 bits per heavy atom. The first-order valence-electron chi connectivity index (χ1n) is 7.04. The number of likely N-dealkylation sites (tertiary alicyclic amines) is 1. The van der Waals surface area contributed by atoms with Crippen LogP contribution in [0, 0.1) is 11.8 Å². The smallest absolute Gasteiger partial charge is 0.150 e. The molecule has 106 valence electrons. The Labute approximate surface area is 111 Å². The van der Waals surface area contributed by atoms with E-state index in [2.05, 4.69) is 24.1 Å². The van der Waals surface area contributed by atoms with Crippen LogP contribution >= 0.6 is 0 Å². The van der Waals surface area contributed by atoms with Gasteiger partial charge in [-0.05, 0) is 45.2 Å². The molecule has 0 aliphatic carbocycles. The van der Waals surface area contributed by atoms with Crippen molar-refractivity contribution >= 4 is 9.84 Å². The third-order valence-corrected chi connectivity index (χ3v) is 6.73. The summed E-state index contributed by atoms with van der Waals surface area (Å²) >= 11 is 0. The molecule has 2 rings (SSSR count). The molecule has 0 spiro atoms.